The predicted octanol–water partition coefficient (Wildman–Crippen LogP) is 1.68. The second-order valence-electron chi connectivity index (χ2n) is 4.78. The first-order valence-electron chi connectivity index (χ1n) is 4.80. The van der Waals surface area contributed by atoms with Gasteiger partial charge < -0.3 is 5.32 Å². The minimum atomic E-state index is 0.0112. The highest BCUT2D eigenvalue weighted by Crippen LogP contribution is 2.58. The van der Waals surface area contributed by atoms with E-state index in [-0.39, 0.29) is 5.41 Å². The maximum atomic E-state index is 8.89. The average molecular weight is 164 g/mol. The van der Waals surface area contributed by atoms with E-state index in [1.165, 1.54) is 12.8 Å². The number of hydrogen-bond acceptors (Lipinski definition) is 2. The highest BCUT2D eigenvalue weighted by atomic mass is 14.9. The molecule has 2 aliphatic rings. The lowest BCUT2D eigenvalue weighted by Crippen LogP contribution is -2.49. The smallest absolute Gasteiger partial charge is 0.0687 e. The fourth-order valence-corrected chi connectivity index (χ4v) is 2.99. The van der Waals surface area contributed by atoms with Crippen LogP contribution in [-0.4, -0.2) is 13.1 Å². The molecule has 0 radical (unpaired) electrons. The Kier molecular flexibility index (Phi) is 1.66. The zero-order valence-electron chi connectivity index (χ0n) is 7.69. The molecule has 1 heterocycles. The van der Waals surface area contributed by atoms with Gasteiger partial charge in [-0.3, -0.25) is 0 Å². The lowest BCUT2D eigenvalue weighted by molar-refractivity contribution is -0.0122. The van der Waals surface area contributed by atoms with E-state index in [0.717, 1.165) is 25.9 Å². The van der Waals surface area contributed by atoms with Gasteiger partial charge in [-0.05, 0) is 51.1 Å². The molecule has 2 heteroatoms. The molecule has 0 amide bonds. The third kappa shape index (κ3) is 1.13. The Bertz CT molecular complexity index is 212. The fourth-order valence-electron chi connectivity index (χ4n) is 2.99. The predicted molar refractivity (Wildman–Crippen MR) is 47.5 cm³/mol. The van der Waals surface area contributed by atoms with Crippen molar-refractivity contribution in [3.8, 4) is 6.07 Å². The molecular weight excluding hydrogens is 148 g/mol. The van der Waals surface area contributed by atoms with Crippen LogP contribution in [0.4, 0.5) is 0 Å². The molecule has 1 aliphatic heterocycles. The van der Waals surface area contributed by atoms with Gasteiger partial charge in [-0.25, -0.2) is 0 Å². The topological polar surface area (TPSA) is 35.8 Å². The molecule has 1 saturated carbocycles. The van der Waals surface area contributed by atoms with Crippen molar-refractivity contribution in [2.75, 3.05) is 13.1 Å². The second-order valence-corrected chi connectivity index (χ2v) is 4.78. The molecule has 1 aliphatic carbocycles. The summed E-state index contributed by atoms with van der Waals surface area (Å²) in [7, 11) is 0. The lowest BCUT2D eigenvalue weighted by atomic mass is 9.51. The molecule has 12 heavy (non-hydrogen) atoms. The lowest BCUT2D eigenvalue weighted by Gasteiger charge is -2.53. The van der Waals surface area contributed by atoms with E-state index in [1.807, 2.05) is 0 Å². The van der Waals surface area contributed by atoms with Gasteiger partial charge in [0, 0.05) is 0 Å². The van der Waals surface area contributed by atoms with E-state index in [0.29, 0.717) is 5.41 Å². The van der Waals surface area contributed by atoms with Crippen molar-refractivity contribution in [2.45, 2.75) is 32.6 Å². The van der Waals surface area contributed by atoms with E-state index in [2.05, 4.69) is 18.3 Å². The van der Waals surface area contributed by atoms with Crippen LogP contribution in [-0.2, 0) is 0 Å². The molecule has 0 aromatic carbocycles. The van der Waals surface area contributed by atoms with Crippen LogP contribution in [0.15, 0.2) is 0 Å². The molecule has 0 aromatic heterocycles. The normalized spacial score (nSPS) is 30.7. The minimum Gasteiger partial charge on any atom is -0.317 e. The van der Waals surface area contributed by atoms with Crippen LogP contribution in [0.2, 0.25) is 0 Å². The van der Waals surface area contributed by atoms with Crippen LogP contribution in [0.25, 0.3) is 0 Å². The summed E-state index contributed by atoms with van der Waals surface area (Å²) >= 11 is 0. The van der Waals surface area contributed by atoms with Gasteiger partial charge in [0.15, 0.2) is 0 Å². The molecule has 0 aromatic rings. The van der Waals surface area contributed by atoms with E-state index in [4.69, 9.17) is 5.26 Å². The van der Waals surface area contributed by atoms with Crippen molar-refractivity contribution in [2.24, 2.45) is 10.8 Å². The van der Waals surface area contributed by atoms with Crippen molar-refractivity contribution in [1.82, 2.24) is 5.32 Å². The Balaban J connectivity index is 1.97. The number of piperidine rings is 1. The van der Waals surface area contributed by atoms with E-state index >= 15 is 0 Å². The quantitative estimate of drug-likeness (QED) is 0.591. The van der Waals surface area contributed by atoms with Gasteiger partial charge in [-0.1, -0.05) is 0 Å². The second kappa shape index (κ2) is 2.47. The van der Waals surface area contributed by atoms with Gasteiger partial charge in [0.05, 0.1) is 11.5 Å². The third-order valence-corrected chi connectivity index (χ3v) is 3.46. The van der Waals surface area contributed by atoms with Crippen LogP contribution in [0.1, 0.15) is 32.6 Å². The molecule has 2 fully saturated rings. The maximum Gasteiger partial charge on any atom is 0.0687 e. The molecule has 1 saturated heterocycles. The van der Waals surface area contributed by atoms with Gasteiger partial charge in [0.2, 0.25) is 0 Å². The molecule has 1 N–H and O–H groups in total. The van der Waals surface area contributed by atoms with Crippen LogP contribution < -0.4 is 5.32 Å². The van der Waals surface area contributed by atoms with Crippen molar-refractivity contribution in [3.05, 3.63) is 0 Å². The molecule has 0 unspecified atom stereocenters. The van der Waals surface area contributed by atoms with Crippen molar-refractivity contribution in [1.29, 1.82) is 5.26 Å². The van der Waals surface area contributed by atoms with Crippen molar-refractivity contribution in [3.63, 3.8) is 0 Å². The van der Waals surface area contributed by atoms with E-state index in [1.54, 1.807) is 0 Å². The fraction of sp³-hybridized carbons (Fsp3) is 0.900. The molecule has 0 bridgehead atoms. The first kappa shape index (κ1) is 8.07. The Morgan fingerprint density at radius 3 is 2.33 bits per heavy atom. The van der Waals surface area contributed by atoms with Gasteiger partial charge in [-0.15, -0.1) is 0 Å². The number of nitrogens with one attached hydrogen (secondary N) is 1. The van der Waals surface area contributed by atoms with Crippen LogP contribution in [0.3, 0.4) is 0 Å². The van der Waals surface area contributed by atoms with Crippen LogP contribution >= 0.6 is 0 Å². The summed E-state index contributed by atoms with van der Waals surface area (Å²) < 4.78 is 0. The Labute approximate surface area is 74.0 Å². The molecule has 0 atom stereocenters. The molecule has 2 rings (SSSR count). The number of nitriles is 1. The summed E-state index contributed by atoms with van der Waals surface area (Å²) in [6, 6.07) is 2.43. The van der Waals surface area contributed by atoms with E-state index < -0.39 is 0 Å². The zero-order valence-corrected chi connectivity index (χ0v) is 7.69. The highest BCUT2D eigenvalue weighted by Gasteiger charge is 2.51. The molecular formula is C10H16N2. The third-order valence-electron chi connectivity index (χ3n) is 3.46. The van der Waals surface area contributed by atoms with Crippen molar-refractivity contribution >= 4 is 0 Å². The first-order chi connectivity index (χ1) is 5.68. The molecule has 66 valence electrons. The number of hydrogen-bond donors (Lipinski definition) is 1. The van der Waals surface area contributed by atoms with Gasteiger partial charge >= 0.3 is 0 Å². The summed E-state index contributed by atoms with van der Waals surface area (Å²) in [6.45, 7) is 4.41. The monoisotopic (exact) mass is 164 g/mol. The molecule has 2 nitrogen and oxygen atoms in total. The molecule has 1 spiro atoms. The average Bonchev–Trinajstić information content (AvgIpc) is 2.04. The number of nitrogens with zero attached hydrogens (tertiary/aromatic N) is 1. The summed E-state index contributed by atoms with van der Waals surface area (Å²) in [5.74, 6) is 0. The van der Waals surface area contributed by atoms with Crippen LogP contribution in [0, 0.1) is 22.2 Å². The summed E-state index contributed by atoms with van der Waals surface area (Å²) in [4.78, 5) is 0. The van der Waals surface area contributed by atoms with Crippen molar-refractivity contribution < 1.29 is 0 Å². The highest BCUT2D eigenvalue weighted by molar-refractivity contribution is 5.12. The SMILES string of the molecule is CC1(C#N)CC2(CCNCC2)C1. The Hall–Kier alpha value is -0.550. The van der Waals surface area contributed by atoms with Gasteiger partial charge in [0.1, 0.15) is 0 Å². The zero-order chi connectivity index (χ0) is 8.66. The van der Waals surface area contributed by atoms with E-state index in [9.17, 15) is 0 Å². The number of rotatable bonds is 0. The van der Waals surface area contributed by atoms with Gasteiger partial charge in [0.25, 0.3) is 0 Å². The summed E-state index contributed by atoms with van der Waals surface area (Å²) in [6.07, 6.45) is 4.84. The summed E-state index contributed by atoms with van der Waals surface area (Å²) in [5.41, 5.74) is 0.563. The van der Waals surface area contributed by atoms with Crippen LogP contribution in [0.5, 0.6) is 0 Å². The Morgan fingerprint density at radius 1 is 1.25 bits per heavy atom. The standard InChI is InChI=1S/C10H16N2/c1-9(8-11)6-10(7-9)2-4-12-5-3-10/h12H,2-7H2,1H3. The largest absolute Gasteiger partial charge is 0.317 e. The van der Waals surface area contributed by atoms with Gasteiger partial charge in [-0.2, -0.15) is 5.26 Å². The maximum absolute atomic E-state index is 8.89. The Morgan fingerprint density at radius 2 is 1.83 bits per heavy atom. The minimum absolute atomic E-state index is 0.0112. The summed E-state index contributed by atoms with van der Waals surface area (Å²) in [5, 5.41) is 12.3. The first-order valence-corrected chi connectivity index (χ1v) is 4.80.